The molecule has 0 aliphatic rings. The molecule has 0 bridgehead atoms. The Balaban J connectivity index is 2.22. The smallest absolute Gasteiger partial charge is 0.248 e. The number of halogens is 1. The van der Waals surface area contributed by atoms with Crippen LogP contribution in [0.5, 0.6) is 0 Å². The van der Waals surface area contributed by atoms with Gasteiger partial charge in [0.1, 0.15) is 5.82 Å². The van der Waals surface area contributed by atoms with E-state index in [2.05, 4.69) is 5.32 Å². The molecule has 25 heavy (non-hydrogen) atoms. The number of rotatable bonds is 5. The average Bonchev–Trinajstić information content (AvgIpc) is 2.55. The van der Waals surface area contributed by atoms with Gasteiger partial charge in [0.15, 0.2) is 0 Å². The fourth-order valence-electron chi connectivity index (χ4n) is 2.06. The summed E-state index contributed by atoms with van der Waals surface area (Å²) in [5.41, 5.74) is 1.38. The van der Waals surface area contributed by atoms with Gasteiger partial charge in [-0.2, -0.15) is 0 Å². The van der Waals surface area contributed by atoms with Crippen LogP contribution in [0.2, 0.25) is 0 Å². The van der Waals surface area contributed by atoms with Crippen LogP contribution in [0.1, 0.15) is 11.1 Å². The third-order valence-corrected chi connectivity index (χ3v) is 5.38. The van der Waals surface area contributed by atoms with Crippen LogP contribution in [0, 0.1) is 12.7 Å². The molecule has 0 aliphatic carbocycles. The lowest BCUT2D eigenvalue weighted by atomic mass is 10.2. The minimum absolute atomic E-state index is 0.0801. The minimum atomic E-state index is -3.60. The number of carbonyl (C=O) groups excluding carboxylic acids is 1. The molecule has 7 heteroatoms. The summed E-state index contributed by atoms with van der Waals surface area (Å²) in [5.74, 6) is -0.910. The van der Waals surface area contributed by atoms with Crippen LogP contribution < -0.4 is 5.32 Å². The molecular weight excluding hydrogens is 343 g/mol. The SMILES string of the molecule is Cc1ccc(S(=O)(=O)N(C)C)cc1NC(=O)/C=C/c1ccccc1F. The van der Waals surface area contributed by atoms with Crippen LogP contribution in [-0.2, 0) is 14.8 Å². The van der Waals surface area contributed by atoms with Gasteiger partial charge < -0.3 is 5.32 Å². The van der Waals surface area contributed by atoms with Crippen LogP contribution >= 0.6 is 0 Å². The second kappa shape index (κ2) is 7.58. The van der Waals surface area contributed by atoms with E-state index in [4.69, 9.17) is 0 Å². The van der Waals surface area contributed by atoms with E-state index >= 15 is 0 Å². The van der Waals surface area contributed by atoms with E-state index in [1.54, 1.807) is 31.2 Å². The van der Waals surface area contributed by atoms with E-state index < -0.39 is 21.7 Å². The highest BCUT2D eigenvalue weighted by molar-refractivity contribution is 7.89. The third-order valence-electron chi connectivity index (χ3n) is 3.56. The van der Waals surface area contributed by atoms with Crippen molar-refractivity contribution in [1.82, 2.24) is 4.31 Å². The second-order valence-electron chi connectivity index (χ2n) is 5.61. The van der Waals surface area contributed by atoms with E-state index in [9.17, 15) is 17.6 Å². The quantitative estimate of drug-likeness (QED) is 0.832. The summed E-state index contributed by atoms with van der Waals surface area (Å²) in [6.45, 7) is 1.75. The van der Waals surface area contributed by atoms with Gasteiger partial charge in [0, 0.05) is 31.4 Å². The highest BCUT2D eigenvalue weighted by atomic mass is 32.2. The fourth-order valence-corrected chi connectivity index (χ4v) is 2.99. The third kappa shape index (κ3) is 4.52. The molecule has 0 aromatic heterocycles. The zero-order chi connectivity index (χ0) is 18.6. The van der Waals surface area contributed by atoms with Gasteiger partial charge in [-0.25, -0.2) is 17.1 Å². The molecule has 0 spiro atoms. The molecule has 132 valence electrons. The number of sulfonamides is 1. The van der Waals surface area contributed by atoms with Crippen LogP contribution in [0.3, 0.4) is 0 Å². The van der Waals surface area contributed by atoms with Gasteiger partial charge in [-0.1, -0.05) is 24.3 Å². The summed E-state index contributed by atoms with van der Waals surface area (Å²) >= 11 is 0. The van der Waals surface area contributed by atoms with Crippen molar-refractivity contribution in [1.29, 1.82) is 0 Å². The van der Waals surface area contributed by atoms with Crippen molar-refractivity contribution < 1.29 is 17.6 Å². The Kier molecular flexibility index (Phi) is 5.71. The lowest BCUT2D eigenvalue weighted by molar-refractivity contribution is -0.111. The predicted octanol–water partition coefficient (Wildman–Crippen LogP) is 3.04. The molecule has 1 N–H and O–H groups in total. The van der Waals surface area contributed by atoms with Crippen molar-refractivity contribution >= 4 is 27.7 Å². The molecule has 2 aromatic carbocycles. The molecular formula is C18H19FN2O3S. The molecule has 2 rings (SSSR count). The highest BCUT2D eigenvalue weighted by Gasteiger charge is 2.18. The van der Waals surface area contributed by atoms with Crippen molar-refractivity contribution in [3.8, 4) is 0 Å². The zero-order valence-corrected chi connectivity index (χ0v) is 15.0. The number of hydrogen-bond acceptors (Lipinski definition) is 3. The molecule has 0 saturated carbocycles. The van der Waals surface area contributed by atoms with E-state index in [0.717, 1.165) is 4.31 Å². The second-order valence-corrected chi connectivity index (χ2v) is 7.76. The Hall–Kier alpha value is -2.51. The first-order valence-corrected chi connectivity index (χ1v) is 8.92. The Morgan fingerprint density at radius 2 is 1.84 bits per heavy atom. The van der Waals surface area contributed by atoms with Crippen LogP contribution in [-0.4, -0.2) is 32.7 Å². The van der Waals surface area contributed by atoms with E-state index in [-0.39, 0.29) is 4.90 Å². The summed E-state index contributed by atoms with van der Waals surface area (Å²) in [6, 6.07) is 10.6. The Morgan fingerprint density at radius 3 is 2.48 bits per heavy atom. The van der Waals surface area contributed by atoms with Gasteiger partial charge in [-0.05, 0) is 36.8 Å². The maximum atomic E-state index is 13.5. The van der Waals surface area contributed by atoms with E-state index in [1.807, 2.05) is 0 Å². The first-order chi connectivity index (χ1) is 11.7. The molecule has 0 unspecified atom stereocenters. The molecule has 0 heterocycles. The molecule has 0 saturated heterocycles. The van der Waals surface area contributed by atoms with Gasteiger partial charge in [0.25, 0.3) is 0 Å². The predicted molar refractivity (Wildman–Crippen MR) is 96.1 cm³/mol. The number of amides is 1. The number of nitrogens with zero attached hydrogens (tertiary/aromatic N) is 1. The minimum Gasteiger partial charge on any atom is -0.322 e. The van der Waals surface area contributed by atoms with Gasteiger partial charge in [0.05, 0.1) is 4.90 Å². The number of aryl methyl sites for hydroxylation is 1. The number of hydrogen-bond donors (Lipinski definition) is 1. The topological polar surface area (TPSA) is 66.5 Å². The van der Waals surface area contributed by atoms with Gasteiger partial charge in [-0.15, -0.1) is 0 Å². The normalized spacial score (nSPS) is 11.9. The molecule has 0 radical (unpaired) electrons. The Bertz CT molecular complexity index is 922. The first kappa shape index (κ1) is 18.8. The number of anilines is 1. The average molecular weight is 362 g/mol. The summed E-state index contributed by atoms with van der Waals surface area (Å²) in [5, 5.41) is 2.62. The first-order valence-electron chi connectivity index (χ1n) is 7.48. The maximum Gasteiger partial charge on any atom is 0.248 e. The van der Waals surface area contributed by atoms with Crippen molar-refractivity contribution in [3.05, 3.63) is 65.5 Å². The van der Waals surface area contributed by atoms with Gasteiger partial charge >= 0.3 is 0 Å². The number of nitrogens with one attached hydrogen (secondary N) is 1. The van der Waals surface area contributed by atoms with E-state index in [0.29, 0.717) is 16.8 Å². The Labute approximate surface area is 146 Å². The summed E-state index contributed by atoms with van der Waals surface area (Å²) in [6.07, 6.45) is 2.56. The van der Waals surface area contributed by atoms with Gasteiger partial charge in [-0.3, -0.25) is 4.79 Å². The molecule has 0 aliphatic heterocycles. The largest absolute Gasteiger partial charge is 0.322 e. The van der Waals surface area contributed by atoms with Crippen molar-refractivity contribution in [2.24, 2.45) is 0 Å². The van der Waals surface area contributed by atoms with E-state index in [1.165, 1.54) is 44.4 Å². The standard InChI is InChI=1S/C18H19FN2O3S/c1-13-8-10-15(25(23,24)21(2)3)12-17(13)20-18(22)11-9-14-6-4-5-7-16(14)19/h4-12H,1-3H3,(H,20,22)/b11-9+. The van der Waals surface area contributed by atoms with Crippen LogP contribution in [0.25, 0.3) is 6.08 Å². The molecule has 0 fully saturated rings. The molecule has 1 amide bonds. The number of carbonyl (C=O) groups is 1. The monoisotopic (exact) mass is 362 g/mol. The van der Waals surface area contributed by atoms with Crippen LogP contribution in [0.15, 0.2) is 53.4 Å². The zero-order valence-electron chi connectivity index (χ0n) is 14.2. The van der Waals surface area contributed by atoms with Crippen molar-refractivity contribution in [3.63, 3.8) is 0 Å². The maximum absolute atomic E-state index is 13.5. The lowest BCUT2D eigenvalue weighted by Gasteiger charge is -2.14. The van der Waals surface area contributed by atoms with Crippen LogP contribution in [0.4, 0.5) is 10.1 Å². The summed E-state index contributed by atoms with van der Waals surface area (Å²) < 4.78 is 39.0. The van der Waals surface area contributed by atoms with Crippen molar-refractivity contribution in [2.75, 3.05) is 19.4 Å². The molecule has 2 aromatic rings. The molecule has 5 nitrogen and oxygen atoms in total. The lowest BCUT2D eigenvalue weighted by Crippen LogP contribution is -2.22. The fraction of sp³-hybridized carbons (Fsp3) is 0.167. The summed E-state index contributed by atoms with van der Waals surface area (Å²) in [4.78, 5) is 12.1. The number of benzene rings is 2. The summed E-state index contributed by atoms with van der Waals surface area (Å²) in [7, 11) is -0.728. The van der Waals surface area contributed by atoms with Crippen molar-refractivity contribution in [2.45, 2.75) is 11.8 Å². The highest BCUT2D eigenvalue weighted by Crippen LogP contribution is 2.22. The molecule has 0 atom stereocenters. The van der Waals surface area contributed by atoms with Gasteiger partial charge in [0.2, 0.25) is 15.9 Å². The Morgan fingerprint density at radius 1 is 1.16 bits per heavy atom.